The average Bonchev–Trinajstić information content (AvgIpc) is 2.49. The van der Waals surface area contributed by atoms with Crippen LogP contribution in [0.15, 0.2) is 36.5 Å². The highest BCUT2D eigenvalue weighted by Crippen LogP contribution is 2.28. The van der Waals surface area contributed by atoms with Crippen LogP contribution in [0.1, 0.15) is 5.56 Å². The van der Waals surface area contributed by atoms with Crippen LogP contribution in [0.2, 0.25) is 0 Å². The van der Waals surface area contributed by atoms with Gasteiger partial charge in [0, 0.05) is 24.9 Å². The maximum absolute atomic E-state index is 10.7. The smallest absolute Gasteiger partial charge is 0.323 e. The molecule has 0 amide bonds. The molecule has 0 aliphatic heterocycles. The fourth-order valence-corrected chi connectivity index (χ4v) is 1.93. The molecule has 0 bridgehead atoms. The van der Waals surface area contributed by atoms with E-state index >= 15 is 0 Å². The molecule has 8 heteroatoms. The van der Waals surface area contributed by atoms with Gasteiger partial charge in [0.25, 0.3) is 5.69 Å². The van der Waals surface area contributed by atoms with Gasteiger partial charge in [0.2, 0.25) is 5.88 Å². The third-order valence-electron chi connectivity index (χ3n) is 3.12. The number of nitrogens with zero attached hydrogens (tertiary/aromatic N) is 3. The van der Waals surface area contributed by atoms with E-state index in [0.717, 1.165) is 17.4 Å². The van der Waals surface area contributed by atoms with Crippen LogP contribution in [-0.4, -0.2) is 34.6 Å². The van der Waals surface area contributed by atoms with Crippen LogP contribution in [0.25, 0.3) is 0 Å². The summed E-state index contributed by atoms with van der Waals surface area (Å²) in [5.41, 5.74) is 1.42. The summed E-state index contributed by atoms with van der Waals surface area (Å²) in [7, 11) is 1.68. The summed E-state index contributed by atoms with van der Waals surface area (Å²) in [5.74, 6) is -0.135. The molecule has 1 N–H and O–H groups in total. The summed E-state index contributed by atoms with van der Waals surface area (Å²) in [6.07, 6.45) is 1.12. The molecule has 0 spiro atoms. The van der Waals surface area contributed by atoms with Crippen molar-refractivity contribution in [1.29, 1.82) is 0 Å². The molecule has 0 aliphatic carbocycles. The Balaban J connectivity index is 2.14. The fraction of sp³-hybridized carbons (Fsp3) is 0.200. The predicted molar refractivity (Wildman–Crippen MR) is 83.1 cm³/mol. The zero-order valence-corrected chi connectivity index (χ0v) is 12.6. The van der Waals surface area contributed by atoms with E-state index in [1.165, 1.54) is 12.1 Å². The van der Waals surface area contributed by atoms with Gasteiger partial charge in [-0.1, -0.05) is 0 Å². The lowest BCUT2D eigenvalue weighted by molar-refractivity contribution is -0.385. The highest BCUT2D eigenvalue weighted by Gasteiger charge is 2.10. The van der Waals surface area contributed by atoms with Crippen molar-refractivity contribution in [3.05, 3.63) is 52.2 Å². The Labute approximate surface area is 132 Å². The van der Waals surface area contributed by atoms with E-state index in [-0.39, 0.29) is 18.1 Å². The molecule has 0 unspecified atom stereocenters. The number of carboxylic acid groups (broad SMARTS) is 1. The molecule has 0 saturated heterocycles. The van der Waals surface area contributed by atoms with E-state index < -0.39 is 10.9 Å². The van der Waals surface area contributed by atoms with Crippen LogP contribution < -0.4 is 9.64 Å². The normalized spacial score (nSPS) is 10.2. The minimum Gasteiger partial charge on any atom is -0.480 e. The number of anilines is 1. The molecule has 0 radical (unpaired) electrons. The number of pyridine rings is 1. The number of likely N-dealkylation sites (N-methyl/N-ethyl adjacent to an activating group) is 1. The van der Waals surface area contributed by atoms with E-state index in [0.29, 0.717) is 5.75 Å². The molecule has 2 rings (SSSR count). The molecule has 0 aliphatic rings. The molecule has 120 valence electrons. The number of ether oxygens (including phenoxy) is 1. The Morgan fingerprint density at radius 2 is 2.13 bits per heavy atom. The second-order valence-corrected chi connectivity index (χ2v) is 4.91. The minimum absolute atomic E-state index is 0.108. The van der Waals surface area contributed by atoms with E-state index in [1.54, 1.807) is 30.1 Å². The number of hydrogen-bond acceptors (Lipinski definition) is 6. The van der Waals surface area contributed by atoms with Crippen molar-refractivity contribution in [2.24, 2.45) is 0 Å². The lowest BCUT2D eigenvalue weighted by Crippen LogP contribution is -2.25. The first-order valence-corrected chi connectivity index (χ1v) is 6.68. The van der Waals surface area contributed by atoms with Crippen LogP contribution in [-0.2, 0) is 4.79 Å². The van der Waals surface area contributed by atoms with E-state index in [1.807, 2.05) is 6.92 Å². The van der Waals surface area contributed by atoms with Gasteiger partial charge in [0.1, 0.15) is 18.5 Å². The molecule has 1 aromatic carbocycles. The highest BCUT2D eigenvalue weighted by molar-refractivity contribution is 5.73. The second kappa shape index (κ2) is 6.73. The number of benzene rings is 1. The third-order valence-corrected chi connectivity index (χ3v) is 3.12. The van der Waals surface area contributed by atoms with Crippen molar-refractivity contribution in [2.75, 3.05) is 18.5 Å². The van der Waals surface area contributed by atoms with Crippen LogP contribution in [0.3, 0.4) is 0 Å². The molecular formula is C15H15N3O5. The molecular weight excluding hydrogens is 302 g/mol. The van der Waals surface area contributed by atoms with Crippen molar-refractivity contribution in [2.45, 2.75) is 6.92 Å². The van der Waals surface area contributed by atoms with Crippen molar-refractivity contribution in [3.8, 4) is 11.6 Å². The number of rotatable bonds is 6. The van der Waals surface area contributed by atoms with Gasteiger partial charge in [-0.25, -0.2) is 4.98 Å². The summed E-state index contributed by atoms with van der Waals surface area (Å²) in [6, 6.07) is 7.96. The monoisotopic (exact) mass is 317 g/mol. The second-order valence-electron chi connectivity index (χ2n) is 4.91. The maximum Gasteiger partial charge on any atom is 0.323 e. The summed E-state index contributed by atoms with van der Waals surface area (Å²) >= 11 is 0. The lowest BCUT2D eigenvalue weighted by Gasteiger charge is -2.18. The summed E-state index contributed by atoms with van der Waals surface area (Å²) in [6.45, 7) is 1.71. The van der Waals surface area contributed by atoms with Crippen molar-refractivity contribution < 1.29 is 19.6 Å². The molecule has 8 nitrogen and oxygen atoms in total. The predicted octanol–water partition coefficient (Wildman–Crippen LogP) is 2.61. The van der Waals surface area contributed by atoms with Gasteiger partial charge in [-0.2, -0.15) is 0 Å². The third kappa shape index (κ3) is 4.16. The van der Waals surface area contributed by atoms with Crippen LogP contribution >= 0.6 is 0 Å². The number of aryl methyl sites for hydroxylation is 1. The summed E-state index contributed by atoms with van der Waals surface area (Å²) in [5, 5.41) is 19.4. The number of nitro groups is 1. The van der Waals surface area contributed by atoms with E-state index in [2.05, 4.69) is 4.98 Å². The first-order chi connectivity index (χ1) is 10.9. The first kappa shape index (κ1) is 16.2. The van der Waals surface area contributed by atoms with E-state index in [9.17, 15) is 14.9 Å². The zero-order chi connectivity index (χ0) is 17.0. The Kier molecular flexibility index (Phi) is 4.75. The number of aliphatic carboxylic acids is 1. The number of carbonyl (C=O) groups is 1. The van der Waals surface area contributed by atoms with Gasteiger partial charge in [-0.3, -0.25) is 14.9 Å². The van der Waals surface area contributed by atoms with Gasteiger partial charge in [0.05, 0.1) is 4.92 Å². The number of hydrogen-bond donors (Lipinski definition) is 1. The van der Waals surface area contributed by atoms with Crippen LogP contribution in [0.4, 0.5) is 11.4 Å². The Hall–Kier alpha value is -3.16. The van der Waals surface area contributed by atoms with Gasteiger partial charge in [0.15, 0.2) is 0 Å². The Morgan fingerprint density at radius 3 is 2.65 bits per heavy atom. The standard InChI is InChI=1S/C15H15N3O5/c1-10-7-11(17(2)9-15(19)20)3-5-13(10)23-14-6-4-12(8-16-14)18(21)22/h3-8H,9H2,1-2H3,(H,19,20). The van der Waals surface area contributed by atoms with Gasteiger partial charge in [-0.05, 0) is 30.7 Å². The molecule has 1 aromatic heterocycles. The summed E-state index contributed by atoms with van der Waals surface area (Å²) < 4.78 is 5.59. The SMILES string of the molecule is Cc1cc(N(C)CC(=O)O)ccc1Oc1ccc([N+](=O)[O-])cn1. The van der Waals surface area contributed by atoms with Crippen molar-refractivity contribution >= 4 is 17.3 Å². The molecule has 2 aromatic rings. The van der Waals surface area contributed by atoms with Gasteiger partial charge in [-0.15, -0.1) is 0 Å². The number of carboxylic acids is 1. The molecule has 0 fully saturated rings. The van der Waals surface area contributed by atoms with Crippen LogP contribution in [0, 0.1) is 17.0 Å². The van der Waals surface area contributed by atoms with Crippen molar-refractivity contribution in [3.63, 3.8) is 0 Å². The van der Waals surface area contributed by atoms with Crippen molar-refractivity contribution in [1.82, 2.24) is 4.98 Å². The molecule has 23 heavy (non-hydrogen) atoms. The lowest BCUT2D eigenvalue weighted by atomic mass is 10.2. The fourth-order valence-electron chi connectivity index (χ4n) is 1.93. The largest absolute Gasteiger partial charge is 0.480 e. The molecule has 0 atom stereocenters. The molecule has 1 heterocycles. The number of aromatic nitrogens is 1. The molecule has 0 saturated carbocycles. The quantitative estimate of drug-likeness (QED) is 0.644. The highest BCUT2D eigenvalue weighted by atomic mass is 16.6. The van der Waals surface area contributed by atoms with E-state index in [4.69, 9.17) is 9.84 Å². The minimum atomic E-state index is -0.916. The van der Waals surface area contributed by atoms with Crippen LogP contribution in [0.5, 0.6) is 11.6 Å². The Morgan fingerprint density at radius 1 is 1.39 bits per heavy atom. The average molecular weight is 317 g/mol. The Bertz CT molecular complexity index is 730. The van der Waals surface area contributed by atoms with Gasteiger partial charge < -0.3 is 14.7 Å². The topological polar surface area (TPSA) is 106 Å². The zero-order valence-electron chi connectivity index (χ0n) is 12.6. The summed E-state index contributed by atoms with van der Waals surface area (Å²) in [4.78, 5) is 26.3. The maximum atomic E-state index is 10.7. The van der Waals surface area contributed by atoms with Gasteiger partial charge >= 0.3 is 5.97 Å². The first-order valence-electron chi connectivity index (χ1n) is 6.68.